The van der Waals surface area contributed by atoms with Crippen molar-refractivity contribution in [3.8, 4) is 0 Å². The number of nitrogens with one attached hydrogen (secondary N) is 1. The highest BCUT2D eigenvalue weighted by atomic mass is 16.1. The third-order valence-corrected chi connectivity index (χ3v) is 4.47. The first-order chi connectivity index (χ1) is 12.5. The van der Waals surface area contributed by atoms with Crippen LogP contribution in [-0.2, 0) is 13.1 Å². The third-order valence-electron chi connectivity index (χ3n) is 4.47. The highest BCUT2D eigenvalue weighted by Crippen LogP contribution is 2.14. The molecule has 3 rings (SSSR count). The molecule has 0 saturated heterocycles. The molecular formula is C20H25N5O. The van der Waals surface area contributed by atoms with E-state index in [4.69, 9.17) is 0 Å². The van der Waals surface area contributed by atoms with E-state index < -0.39 is 0 Å². The summed E-state index contributed by atoms with van der Waals surface area (Å²) in [4.78, 5) is 12.7. The fourth-order valence-electron chi connectivity index (χ4n) is 3.15. The lowest BCUT2D eigenvalue weighted by Gasteiger charge is -2.16. The monoisotopic (exact) mass is 351 g/mol. The SMILES string of the molecule is CCn1nccc1C(C)NC(=O)c1cccc(Cn2nc(C)cc2C)c1. The second-order valence-electron chi connectivity index (χ2n) is 6.55. The van der Waals surface area contributed by atoms with Crippen molar-refractivity contribution in [2.24, 2.45) is 0 Å². The molecule has 0 aliphatic rings. The zero-order chi connectivity index (χ0) is 18.7. The fourth-order valence-corrected chi connectivity index (χ4v) is 3.15. The molecule has 0 radical (unpaired) electrons. The Morgan fingerprint density at radius 1 is 1.19 bits per heavy atom. The van der Waals surface area contributed by atoms with Crippen molar-refractivity contribution >= 4 is 5.91 Å². The molecule has 3 aromatic rings. The van der Waals surface area contributed by atoms with E-state index in [1.165, 1.54) is 0 Å². The largest absolute Gasteiger partial charge is 0.344 e. The van der Waals surface area contributed by atoms with Gasteiger partial charge < -0.3 is 5.32 Å². The summed E-state index contributed by atoms with van der Waals surface area (Å²) >= 11 is 0. The maximum atomic E-state index is 12.7. The number of carbonyl (C=O) groups excluding carboxylic acids is 1. The van der Waals surface area contributed by atoms with Crippen molar-refractivity contribution in [1.82, 2.24) is 24.9 Å². The molecule has 1 N–H and O–H groups in total. The van der Waals surface area contributed by atoms with E-state index in [0.717, 1.165) is 29.2 Å². The van der Waals surface area contributed by atoms with Crippen LogP contribution in [0.4, 0.5) is 0 Å². The first-order valence-electron chi connectivity index (χ1n) is 8.90. The number of nitrogens with zero attached hydrogens (tertiary/aromatic N) is 4. The van der Waals surface area contributed by atoms with Crippen LogP contribution in [0.3, 0.4) is 0 Å². The smallest absolute Gasteiger partial charge is 0.251 e. The highest BCUT2D eigenvalue weighted by molar-refractivity contribution is 5.94. The Morgan fingerprint density at radius 2 is 2.00 bits per heavy atom. The van der Waals surface area contributed by atoms with Crippen LogP contribution in [0.15, 0.2) is 42.6 Å². The summed E-state index contributed by atoms with van der Waals surface area (Å²) in [6.45, 7) is 9.46. The van der Waals surface area contributed by atoms with E-state index in [-0.39, 0.29) is 11.9 Å². The van der Waals surface area contributed by atoms with Gasteiger partial charge in [0.2, 0.25) is 0 Å². The Labute approximate surface area is 153 Å². The Balaban J connectivity index is 1.73. The predicted octanol–water partition coefficient (Wildman–Crippen LogP) is 3.26. The van der Waals surface area contributed by atoms with Crippen LogP contribution in [0.2, 0.25) is 0 Å². The molecule has 1 unspecified atom stereocenters. The maximum Gasteiger partial charge on any atom is 0.251 e. The van der Waals surface area contributed by atoms with Crippen molar-refractivity contribution in [2.75, 3.05) is 0 Å². The number of hydrogen-bond acceptors (Lipinski definition) is 3. The summed E-state index contributed by atoms with van der Waals surface area (Å²) in [6, 6.07) is 11.6. The number of amides is 1. The van der Waals surface area contributed by atoms with Crippen LogP contribution < -0.4 is 5.32 Å². The molecule has 0 spiro atoms. The van der Waals surface area contributed by atoms with Gasteiger partial charge in [-0.25, -0.2) is 0 Å². The lowest BCUT2D eigenvalue weighted by atomic mass is 10.1. The molecule has 6 heteroatoms. The Morgan fingerprint density at radius 3 is 2.69 bits per heavy atom. The van der Waals surface area contributed by atoms with Gasteiger partial charge in [-0.05, 0) is 57.5 Å². The summed E-state index contributed by atoms with van der Waals surface area (Å²) < 4.78 is 3.85. The molecule has 2 heterocycles. The van der Waals surface area contributed by atoms with Crippen LogP contribution in [0.1, 0.15) is 52.9 Å². The zero-order valence-corrected chi connectivity index (χ0v) is 15.7. The first kappa shape index (κ1) is 17.9. The summed E-state index contributed by atoms with van der Waals surface area (Å²) in [5, 5.41) is 11.8. The van der Waals surface area contributed by atoms with Crippen LogP contribution in [0.5, 0.6) is 0 Å². The molecular weight excluding hydrogens is 326 g/mol. The van der Waals surface area contributed by atoms with Gasteiger partial charge in [-0.3, -0.25) is 14.2 Å². The van der Waals surface area contributed by atoms with E-state index in [9.17, 15) is 4.79 Å². The predicted molar refractivity (Wildman–Crippen MR) is 101 cm³/mol. The second kappa shape index (κ2) is 7.56. The average Bonchev–Trinajstić information content (AvgIpc) is 3.21. The van der Waals surface area contributed by atoms with E-state index in [1.807, 2.05) is 67.4 Å². The standard InChI is InChI=1S/C20H25N5O/c1-5-24-19(9-10-21-24)16(4)22-20(26)18-8-6-7-17(12-18)13-25-15(3)11-14(2)23-25/h6-12,16H,5,13H2,1-4H3,(H,22,26). The summed E-state index contributed by atoms with van der Waals surface area (Å²) in [6.07, 6.45) is 1.76. The molecule has 0 aliphatic heterocycles. The van der Waals surface area contributed by atoms with Crippen LogP contribution in [0.25, 0.3) is 0 Å². The van der Waals surface area contributed by atoms with Crippen LogP contribution in [0, 0.1) is 13.8 Å². The number of rotatable bonds is 6. The van der Waals surface area contributed by atoms with E-state index >= 15 is 0 Å². The zero-order valence-electron chi connectivity index (χ0n) is 15.7. The topological polar surface area (TPSA) is 64.7 Å². The number of carbonyl (C=O) groups is 1. The van der Waals surface area contributed by atoms with E-state index in [2.05, 4.69) is 21.6 Å². The molecule has 0 fully saturated rings. The summed E-state index contributed by atoms with van der Waals surface area (Å²) in [7, 11) is 0. The molecule has 26 heavy (non-hydrogen) atoms. The molecule has 1 atom stereocenters. The normalized spacial score (nSPS) is 12.2. The molecule has 0 bridgehead atoms. The minimum Gasteiger partial charge on any atom is -0.344 e. The number of aromatic nitrogens is 4. The van der Waals surface area contributed by atoms with Gasteiger partial charge in [-0.1, -0.05) is 12.1 Å². The quantitative estimate of drug-likeness (QED) is 0.741. The molecule has 6 nitrogen and oxygen atoms in total. The number of hydrogen-bond donors (Lipinski definition) is 1. The van der Waals surface area contributed by atoms with Gasteiger partial charge in [0.1, 0.15) is 0 Å². The molecule has 1 aromatic carbocycles. The van der Waals surface area contributed by atoms with Gasteiger partial charge in [0.05, 0.1) is 24.0 Å². The van der Waals surface area contributed by atoms with Crippen molar-refractivity contribution in [1.29, 1.82) is 0 Å². The fraction of sp³-hybridized carbons (Fsp3) is 0.350. The van der Waals surface area contributed by atoms with E-state index in [1.54, 1.807) is 6.20 Å². The van der Waals surface area contributed by atoms with E-state index in [0.29, 0.717) is 12.1 Å². The summed E-state index contributed by atoms with van der Waals surface area (Å²) in [5.41, 5.74) is 4.81. The average molecular weight is 351 g/mol. The van der Waals surface area contributed by atoms with Crippen molar-refractivity contribution in [3.63, 3.8) is 0 Å². The lowest BCUT2D eigenvalue weighted by Crippen LogP contribution is -2.28. The third kappa shape index (κ3) is 3.85. The van der Waals surface area contributed by atoms with Crippen molar-refractivity contribution in [3.05, 3.63) is 70.8 Å². The van der Waals surface area contributed by atoms with Gasteiger partial charge in [0.15, 0.2) is 0 Å². The van der Waals surface area contributed by atoms with Gasteiger partial charge in [0, 0.05) is 24.0 Å². The molecule has 0 saturated carbocycles. The highest BCUT2D eigenvalue weighted by Gasteiger charge is 2.15. The van der Waals surface area contributed by atoms with Crippen molar-refractivity contribution < 1.29 is 4.79 Å². The van der Waals surface area contributed by atoms with Gasteiger partial charge in [0.25, 0.3) is 5.91 Å². The second-order valence-corrected chi connectivity index (χ2v) is 6.55. The first-order valence-corrected chi connectivity index (χ1v) is 8.90. The van der Waals surface area contributed by atoms with Gasteiger partial charge >= 0.3 is 0 Å². The Hall–Kier alpha value is -2.89. The molecule has 1 amide bonds. The Bertz CT molecular complexity index is 909. The number of aryl methyl sites for hydroxylation is 3. The van der Waals surface area contributed by atoms with Gasteiger partial charge in [-0.2, -0.15) is 10.2 Å². The lowest BCUT2D eigenvalue weighted by molar-refractivity contribution is 0.0938. The minimum absolute atomic E-state index is 0.0865. The molecule has 136 valence electrons. The van der Waals surface area contributed by atoms with Gasteiger partial charge in [-0.15, -0.1) is 0 Å². The minimum atomic E-state index is -0.107. The molecule has 0 aliphatic carbocycles. The molecule has 2 aromatic heterocycles. The maximum absolute atomic E-state index is 12.7. The van der Waals surface area contributed by atoms with Crippen LogP contribution >= 0.6 is 0 Å². The Kier molecular flexibility index (Phi) is 5.21. The van der Waals surface area contributed by atoms with Crippen molar-refractivity contribution in [2.45, 2.75) is 46.8 Å². The summed E-state index contributed by atoms with van der Waals surface area (Å²) in [5.74, 6) is -0.0865. The van der Waals surface area contributed by atoms with Crippen LogP contribution in [-0.4, -0.2) is 25.5 Å². The number of benzene rings is 1.